The van der Waals surface area contributed by atoms with E-state index in [0.29, 0.717) is 19.0 Å². The van der Waals surface area contributed by atoms with Gasteiger partial charge in [-0.1, -0.05) is 6.07 Å². The Morgan fingerprint density at radius 2 is 2.06 bits per heavy atom. The van der Waals surface area contributed by atoms with Crippen LogP contribution in [0.5, 0.6) is 5.75 Å². The summed E-state index contributed by atoms with van der Waals surface area (Å²) in [6, 6.07) is 4.10. The zero-order valence-electron chi connectivity index (χ0n) is 18.3. The molecule has 0 saturated heterocycles. The first kappa shape index (κ1) is 22.9. The van der Waals surface area contributed by atoms with Gasteiger partial charge in [0.25, 0.3) is 0 Å². The first-order chi connectivity index (χ1) is 14.5. The SMILES string of the molecule is CCNC(=NCc1ccc(OC(C)(C)C)cc1C(F)(F)F)NC1CCc2ncnn2C1. The van der Waals surface area contributed by atoms with Crippen molar-refractivity contribution in [2.75, 3.05) is 6.54 Å². The largest absolute Gasteiger partial charge is 0.488 e. The summed E-state index contributed by atoms with van der Waals surface area (Å²) in [5, 5.41) is 10.6. The van der Waals surface area contributed by atoms with Gasteiger partial charge in [0.05, 0.1) is 18.7 Å². The summed E-state index contributed by atoms with van der Waals surface area (Å²) in [5.74, 6) is 1.59. The van der Waals surface area contributed by atoms with E-state index in [1.165, 1.54) is 12.4 Å². The zero-order valence-corrected chi connectivity index (χ0v) is 18.3. The number of nitrogens with zero attached hydrogens (tertiary/aromatic N) is 4. The molecule has 0 bridgehead atoms. The maximum Gasteiger partial charge on any atom is 0.416 e. The van der Waals surface area contributed by atoms with Gasteiger partial charge in [0, 0.05) is 19.0 Å². The summed E-state index contributed by atoms with van der Waals surface area (Å²) < 4.78 is 48.4. The fraction of sp³-hybridized carbons (Fsp3) is 0.571. The number of hydrogen-bond acceptors (Lipinski definition) is 4. The number of hydrogen-bond donors (Lipinski definition) is 2. The second kappa shape index (κ2) is 9.15. The number of benzene rings is 1. The highest BCUT2D eigenvalue weighted by atomic mass is 19.4. The fourth-order valence-corrected chi connectivity index (χ4v) is 3.41. The van der Waals surface area contributed by atoms with Crippen LogP contribution in [-0.2, 0) is 25.7 Å². The topological polar surface area (TPSA) is 76.4 Å². The first-order valence-electron chi connectivity index (χ1n) is 10.4. The Kier molecular flexibility index (Phi) is 6.76. The second-order valence-corrected chi connectivity index (χ2v) is 8.46. The average Bonchev–Trinajstić information content (AvgIpc) is 3.13. The molecule has 170 valence electrons. The molecule has 0 spiro atoms. The number of aryl methyl sites for hydroxylation is 1. The Hall–Kier alpha value is -2.78. The minimum Gasteiger partial charge on any atom is -0.488 e. The molecule has 1 unspecified atom stereocenters. The normalized spacial score (nSPS) is 17.3. The van der Waals surface area contributed by atoms with Gasteiger partial charge in [0.15, 0.2) is 5.96 Å². The van der Waals surface area contributed by atoms with Crippen molar-refractivity contribution in [3.8, 4) is 5.75 Å². The quantitative estimate of drug-likeness (QED) is 0.552. The summed E-state index contributed by atoms with van der Waals surface area (Å²) >= 11 is 0. The number of rotatable bonds is 5. The molecule has 1 atom stereocenters. The van der Waals surface area contributed by atoms with E-state index in [1.54, 1.807) is 26.8 Å². The number of aliphatic imine (C=N–C) groups is 1. The molecule has 1 aliphatic rings. The van der Waals surface area contributed by atoms with E-state index in [-0.39, 0.29) is 23.9 Å². The Morgan fingerprint density at radius 1 is 1.29 bits per heavy atom. The van der Waals surface area contributed by atoms with Crippen LogP contribution in [0.4, 0.5) is 13.2 Å². The van der Waals surface area contributed by atoms with Crippen molar-refractivity contribution in [1.29, 1.82) is 0 Å². The van der Waals surface area contributed by atoms with Crippen molar-refractivity contribution in [1.82, 2.24) is 25.4 Å². The van der Waals surface area contributed by atoms with Gasteiger partial charge in [0.1, 0.15) is 23.5 Å². The number of fused-ring (bicyclic) bond motifs is 1. The minimum atomic E-state index is -4.50. The summed E-state index contributed by atoms with van der Waals surface area (Å²) in [6.45, 7) is 8.40. The number of nitrogens with one attached hydrogen (secondary N) is 2. The monoisotopic (exact) mass is 438 g/mol. The molecular weight excluding hydrogens is 409 g/mol. The van der Waals surface area contributed by atoms with E-state index >= 15 is 0 Å². The Bertz CT molecular complexity index is 917. The lowest BCUT2D eigenvalue weighted by Gasteiger charge is -2.25. The van der Waals surface area contributed by atoms with Crippen LogP contribution < -0.4 is 15.4 Å². The second-order valence-electron chi connectivity index (χ2n) is 8.46. The van der Waals surface area contributed by atoms with E-state index in [4.69, 9.17) is 4.74 Å². The van der Waals surface area contributed by atoms with E-state index in [0.717, 1.165) is 24.7 Å². The summed E-state index contributed by atoms with van der Waals surface area (Å²) in [6.07, 6.45) is -1.34. The van der Waals surface area contributed by atoms with Crippen LogP contribution in [-0.4, -0.2) is 38.9 Å². The number of halogens is 3. The summed E-state index contributed by atoms with van der Waals surface area (Å²) in [7, 11) is 0. The lowest BCUT2D eigenvalue weighted by molar-refractivity contribution is -0.138. The van der Waals surface area contributed by atoms with Crippen LogP contribution in [0, 0.1) is 0 Å². The predicted octanol–water partition coefficient (Wildman–Crippen LogP) is 3.54. The Morgan fingerprint density at radius 3 is 2.74 bits per heavy atom. The molecular formula is C21H29F3N6O. The van der Waals surface area contributed by atoms with Gasteiger partial charge >= 0.3 is 6.18 Å². The molecule has 31 heavy (non-hydrogen) atoms. The molecule has 3 rings (SSSR count). The zero-order chi connectivity index (χ0) is 22.6. The average molecular weight is 438 g/mol. The molecule has 2 N–H and O–H groups in total. The minimum absolute atomic E-state index is 0.0663. The molecule has 0 fully saturated rings. The number of aromatic nitrogens is 3. The molecule has 1 aromatic heterocycles. The number of guanidine groups is 1. The van der Waals surface area contributed by atoms with Gasteiger partial charge in [0.2, 0.25) is 0 Å². The Balaban J connectivity index is 1.76. The van der Waals surface area contributed by atoms with Crippen LogP contribution >= 0.6 is 0 Å². The van der Waals surface area contributed by atoms with Crippen molar-refractivity contribution < 1.29 is 17.9 Å². The van der Waals surface area contributed by atoms with Gasteiger partial charge in [-0.15, -0.1) is 0 Å². The van der Waals surface area contributed by atoms with Crippen molar-refractivity contribution in [2.24, 2.45) is 4.99 Å². The molecule has 1 aliphatic heterocycles. The fourth-order valence-electron chi connectivity index (χ4n) is 3.41. The van der Waals surface area contributed by atoms with Crippen LogP contribution in [0.3, 0.4) is 0 Å². The standard InChI is InChI=1S/C21H29F3N6O/c1-5-25-19(29-15-7-9-18-27-13-28-30(18)12-15)26-11-14-6-8-16(31-20(2,3)4)10-17(14)21(22,23)24/h6,8,10,13,15H,5,7,9,11-12H2,1-4H3,(H2,25,26,29). The molecule has 0 aliphatic carbocycles. The molecule has 1 aromatic carbocycles. The summed E-state index contributed by atoms with van der Waals surface area (Å²) in [4.78, 5) is 8.61. The van der Waals surface area contributed by atoms with E-state index in [1.807, 2.05) is 11.6 Å². The number of alkyl halides is 3. The van der Waals surface area contributed by atoms with Gasteiger partial charge < -0.3 is 15.4 Å². The predicted molar refractivity (Wildman–Crippen MR) is 112 cm³/mol. The lowest BCUT2D eigenvalue weighted by Crippen LogP contribution is -2.47. The first-order valence-corrected chi connectivity index (χ1v) is 10.4. The molecule has 0 radical (unpaired) electrons. The molecule has 2 aromatic rings. The van der Waals surface area contributed by atoms with Gasteiger partial charge in [-0.05, 0) is 51.8 Å². The van der Waals surface area contributed by atoms with Crippen molar-refractivity contribution in [3.63, 3.8) is 0 Å². The number of ether oxygens (including phenoxy) is 1. The highest BCUT2D eigenvalue weighted by Gasteiger charge is 2.34. The smallest absolute Gasteiger partial charge is 0.416 e. The third-order valence-electron chi connectivity index (χ3n) is 4.71. The van der Waals surface area contributed by atoms with E-state index < -0.39 is 17.3 Å². The molecule has 2 heterocycles. The van der Waals surface area contributed by atoms with Crippen molar-refractivity contribution >= 4 is 5.96 Å². The van der Waals surface area contributed by atoms with Crippen molar-refractivity contribution in [3.05, 3.63) is 41.5 Å². The van der Waals surface area contributed by atoms with Gasteiger partial charge in [-0.25, -0.2) is 14.7 Å². The molecule has 10 heteroatoms. The Labute approximate surface area is 180 Å². The van der Waals surface area contributed by atoms with E-state index in [2.05, 4.69) is 25.7 Å². The maximum absolute atomic E-state index is 13.7. The highest BCUT2D eigenvalue weighted by molar-refractivity contribution is 5.80. The van der Waals surface area contributed by atoms with Gasteiger partial charge in [-0.2, -0.15) is 18.3 Å². The molecule has 7 nitrogen and oxygen atoms in total. The van der Waals surface area contributed by atoms with Crippen LogP contribution in [0.15, 0.2) is 29.5 Å². The third kappa shape index (κ3) is 6.35. The highest BCUT2D eigenvalue weighted by Crippen LogP contribution is 2.35. The van der Waals surface area contributed by atoms with Crippen LogP contribution in [0.25, 0.3) is 0 Å². The molecule has 0 amide bonds. The van der Waals surface area contributed by atoms with E-state index in [9.17, 15) is 13.2 Å². The van der Waals surface area contributed by atoms with Crippen LogP contribution in [0.1, 0.15) is 51.1 Å². The maximum atomic E-state index is 13.7. The van der Waals surface area contributed by atoms with Crippen molar-refractivity contribution in [2.45, 2.75) is 71.4 Å². The lowest BCUT2D eigenvalue weighted by atomic mass is 10.1. The van der Waals surface area contributed by atoms with Gasteiger partial charge in [-0.3, -0.25) is 0 Å². The third-order valence-corrected chi connectivity index (χ3v) is 4.71. The van der Waals surface area contributed by atoms with Crippen LogP contribution in [0.2, 0.25) is 0 Å². The molecule has 0 saturated carbocycles. The summed E-state index contributed by atoms with van der Waals surface area (Å²) in [5.41, 5.74) is -1.24.